The van der Waals surface area contributed by atoms with E-state index in [9.17, 15) is 0 Å². The summed E-state index contributed by atoms with van der Waals surface area (Å²) in [6.45, 7) is 2.02. The number of rotatable bonds is 2. The van der Waals surface area contributed by atoms with Crippen LogP contribution in [0.4, 0.5) is 5.82 Å². The van der Waals surface area contributed by atoms with Crippen molar-refractivity contribution in [2.45, 2.75) is 12.5 Å². The number of likely N-dealkylation sites (N-methyl/N-ethyl adjacent to an activating group) is 1. The Morgan fingerprint density at radius 1 is 1.28 bits per heavy atom. The Hall–Kier alpha value is -1.39. The lowest BCUT2D eigenvalue weighted by Crippen LogP contribution is -2.34. The summed E-state index contributed by atoms with van der Waals surface area (Å²) in [5.74, 6) is 0.768. The van der Waals surface area contributed by atoms with Crippen LogP contribution in [0.5, 0.6) is 0 Å². The van der Waals surface area contributed by atoms with E-state index in [0.29, 0.717) is 11.2 Å². The summed E-state index contributed by atoms with van der Waals surface area (Å²) in [6.07, 6.45) is 1.11. The molecule has 1 fully saturated rings. The molecule has 94 valence electrons. The smallest absolute Gasteiger partial charge is 0.172 e. The molecule has 1 aromatic heterocycles. The molecule has 2 heterocycles. The van der Waals surface area contributed by atoms with Gasteiger partial charge in [0, 0.05) is 19.6 Å². The molecule has 1 atom stereocenters. The first kappa shape index (κ1) is 11.7. The van der Waals surface area contributed by atoms with E-state index in [4.69, 9.17) is 11.6 Å². The maximum atomic E-state index is 6.24. The lowest BCUT2D eigenvalue weighted by Gasteiger charge is -2.25. The van der Waals surface area contributed by atoms with Crippen molar-refractivity contribution >= 4 is 28.5 Å². The first-order valence-electron chi connectivity index (χ1n) is 6.11. The highest BCUT2D eigenvalue weighted by Gasteiger charge is 2.22. The van der Waals surface area contributed by atoms with Crippen molar-refractivity contribution in [3.63, 3.8) is 0 Å². The molecule has 0 spiro atoms. The van der Waals surface area contributed by atoms with Gasteiger partial charge >= 0.3 is 0 Å². The van der Waals surface area contributed by atoms with Gasteiger partial charge in [0.1, 0.15) is 0 Å². The van der Waals surface area contributed by atoms with Gasteiger partial charge < -0.3 is 10.2 Å². The van der Waals surface area contributed by atoms with E-state index < -0.39 is 0 Å². The molecular weight excluding hydrogens is 248 g/mol. The fourth-order valence-electron chi connectivity index (χ4n) is 2.34. The van der Waals surface area contributed by atoms with Crippen LogP contribution in [-0.2, 0) is 0 Å². The summed E-state index contributed by atoms with van der Waals surface area (Å²) in [6, 6.07) is 8.24. The zero-order chi connectivity index (χ0) is 12.5. The Morgan fingerprint density at radius 3 is 2.67 bits per heavy atom. The van der Waals surface area contributed by atoms with Crippen LogP contribution in [-0.4, -0.2) is 36.1 Å². The molecule has 18 heavy (non-hydrogen) atoms. The third-order valence-electron chi connectivity index (χ3n) is 3.43. The number of nitrogens with one attached hydrogen (secondary N) is 1. The minimum Gasteiger partial charge on any atom is -0.353 e. The first-order chi connectivity index (χ1) is 8.75. The molecule has 4 nitrogen and oxygen atoms in total. The second kappa shape index (κ2) is 4.71. The predicted octanol–water partition coefficient (Wildman–Crippen LogP) is 2.08. The monoisotopic (exact) mass is 262 g/mol. The van der Waals surface area contributed by atoms with Crippen molar-refractivity contribution in [3.05, 3.63) is 29.4 Å². The maximum Gasteiger partial charge on any atom is 0.172 e. The largest absolute Gasteiger partial charge is 0.353 e. The quantitative estimate of drug-likeness (QED) is 0.900. The second-order valence-corrected chi connectivity index (χ2v) is 4.94. The molecule has 1 N–H and O–H groups in total. The van der Waals surface area contributed by atoms with Crippen LogP contribution >= 0.6 is 11.6 Å². The van der Waals surface area contributed by atoms with Gasteiger partial charge in [-0.15, -0.1) is 0 Å². The van der Waals surface area contributed by atoms with Crippen molar-refractivity contribution in [3.8, 4) is 0 Å². The zero-order valence-corrected chi connectivity index (χ0v) is 11.0. The average molecular weight is 263 g/mol. The number of hydrogen-bond donors (Lipinski definition) is 1. The van der Waals surface area contributed by atoms with E-state index in [-0.39, 0.29) is 0 Å². The van der Waals surface area contributed by atoms with Gasteiger partial charge in [0.25, 0.3) is 0 Å². The minimum absolute atomic E-state index is 0.443. The average Bonchev–Trinajstić information content (AvgIpc) is 2.91. The van der Waals surface area contributed by atoms with E-state index in [1.807, 2.05) is 31.3 Å². The summed E-state index contributed by atoms with van der Waals surface area (Å²) in [5, 5.41) is 3.82. The van der Waals surface area contributed by atoms with E-state index in [2.05, 4.69) is 20.2 Å². The molecule has 1 aromatic carbocycles. The number of para-hydroxylation sites is 2. The summed E-state index contributed by atoms with van der Waals surface area (Å²) in [5.41, 5.74) is 1.72. The Bertz CT molecular complexity index is 566. The van der Waals surface area contributed by atoms with Crippen LogP contribution in [0.25, 0.3) is 11.0 Å². The SMILES string of the molecule is CN(c1nc2ccccc2nc1Cl)C1CCNC1. The van der Waals surface area contributed by atoms with Crippen molar-refractivity contribution < 1.29 is 0 Å². The molecule has 0 radical (unpaired) electrons. The van der Waals surface area contributed by atoms with Gasteiger partial charge in [-0.2, -0.15) is 0 Å². The molecule has 1 aliphatic rings. The van der Waals surface area contributed by atoms with Crippen LogP contribution in [0, 0.1) is 0 Å². The highest BCUT2D eigenvalue weighted by Crippen LogP contribution is 2.26. The van der Waals surface area contributed by atoms with Crippen molar-refractivity contribution in [1.82, 2.24) is 15.3 Å². The minimum atomic E-state index is 0.443. The van der Waals surface area contributed by atoms with Crippen LogP contribution in [0.1, 0.15) is 6.42 Å². The standard InChI is InChI=1S/C13H15ClN4/c1-18(9-6-7-15-8-9)13-12(14)16-10-4-2-3-5-11(10)17-13/h2-5,9,15H,6-8H2,1H3. The molecule has 1 saturated heterocycles. The molecule has 0 bridgehead atoms. The summed E-state index contributed by atoms with van der Waals surface area (Å²) in [4.78, 5) is 11.2. The number of hydrogen-bond acceptors (Lipinski definition) is 4. The fraction of sp³-hybridized carbons (Fsp3) is 0.385. The molecule has 0 saturated carbocycles. The molecule has 2 aromatic rings. The van der Waals surface area contributed by atoms with Gasteiger partial charge in [-0.05, 0) is 25.1 Å². The van der Waals surface area contributed by atoms with Gasteiger partial charge in [0.05, 0.1) is 11.0 Å². The van der Waals surface area contributed by atoms with Gasteiger partial charge in [-0.3, -0.25) is 0 Å². The molecule has 5 heteroatoms. The van der Waals surface area contributed by atoms with Crippen molar-refractivity contribution in [2.24, 2.45) is 0 Å². The maximum absolute atomic E-state index is 6.24. The second-order valence-electron chi connectivity index (χ2n) is 4.58. The molecule has 1 unspecified atom stereocenters. The number of aromatic nitrogens is 2. The van der Waals surface area contributed by atoms with Crippen LogP contribution in [0.2, 0.25) is 5.15 Å². The normalized spacial score (nSPS) is 19.3. The van der Waals surface area contributed by atoms with Crippen LogP contribution < -0.4 is 10.2 Å². The summed E-state index contributed by atoms with van der Waals surface area (Å²) < 4.78 is 0. The van der Waals surface area contributed by atoms with Crippen molar-refractivity contribution in [2.75, 3.05) is 25.0 Å². The molecule has 0 amide bonds. The number of nitrogens with zero attached hydrogens (tertiary/aromatic N) is 3. The number of anilines is 1. The lowest BCUT2D eigenvalue weighted by molar-refractivity contribution is 0.678. The number of halogens is 1. The van der Waals surface area contributed by atoms with Crippen molar-refractivity contribution in [1.29, 1.82) is 0 Å². The van der Waals surface area contributed by atoms with E-state index in [1.54, 1.807) is 0 Å². The first-order valence-corrected chi connectivity index (χ1v) is 6.49. The molecular formula is C13H15ClN4. The molecule has 0 aliphatic carbocycles. The van der Waals surface area contributed by atoms with Gasteiger partial charge in [-0.25, -0.2) is 9.97 Å². The van der Waals surface area contributed by atoms with Gasteiger partial charge in [-0.1, -0.05) is 23.7 Å². The third-order valence-corrected chi connectivity index (χ3v) is 3.68. The predicted molar refractivity (Wildman–Crippen MR) is 74.2 cm³/mol. The zero-order valence-electron chi connectivity index (χ0n) is 10.2. The lowest BCUT2D eigenvalue weighted by atomic mass is 10.2. The third kappa shape index (κ3) is 2.02. The highest BCUT2D eigenvalue weighted by molar-refractivity contribution is 6.32. The summed E-state index contributed by atoms with van der Waals surface area (Å²) >= 11 is 6.24. The van der Waals surface area contributed by atoms with Gasteiger partial charge in [0.15, 0.2) is 11.0 Å². The Balaban J connectivity index is 2.02. The summed E-state index contributed by atoms with van der Waals surface area (Å²) in [7, 11) is 2.03. The fourth-order valence-corrected chi connectivity index (χ4v) is 2.60. The number of fused-ring (bicyclic) bond motifs is 1. The topological polar surface area (TPSA) is 41.1 Å². The van der Waals surface area contributed by atoms with E-state index >= 15 is 0 Å². The Morgan fingerprint density at radius 2 is 2.00 bits per heavy atom. The molecule has 1 aliphatic heterocycles. The Kier molecular flexibility index (Phi) is 3.06. The number of benzene rings is 1. The Labute approximate surface area is 111 Å². The van der Waals surface area contributed by atoms with Gasteiger partial charge in [0.2, 0.25) is 0 Å². The van der Waals surface area contributed by atoms with Crippen LogP contribution in [0.3, 0.4) is 0 Å². The van der Waals surface area contributed by atoms with E-state index in [0.717, 1.165) is 36.4 Å². The van der Waals surface area contributed by atoms with E-state index in [1.165, 1.54) is 0 Å². The van der Waals surface area contributed by atoms with Crippen LogP contribution in [0.15, 0.2) is 24.3 Å². The molecule has 3 rings (SSSR count). The highest BCUT2D eigenvalue weighted by atomic mass is 35.5.